The van der Waals surface area contributed by atoms with Crippen molar-refractivity contribution in [2.45, 2.75) is 52.1 Å². The molecule has 5 rings (SSSR count). The zero-order valence-corrected chi connectivity index (χ0v) is 28.6. The number of hydrogen-bond acceptors (Lipinski definition) is 11. The first-order valence-corrected chi connectivity index (χ1v) is 15.4. The van der Waals surface area contributed by atoms with Crippen LogP contribution in [0.1, 0.15) is 46.0 Å². The summed E-state index contributed by atoms with van der Waals surface area (Å²) in [6.07, 6.45) is 20.1. The number of carbonyl (C=O) groups excluding carboxylic acids is 5. The molecule has 256 valence electrons. The Balaban J connectivity index is 0.000000557. The number of carbonyl (C=O) groups is 5. The highest BCUT2D eigenvalue weighted by Gasteiger charge is 2.50. The first kappa shape index (κ1) is 42.1. The topological polar surface area (TPSA) is 132 Å². The molecule has 0 N–H and O–H groups in total. The lowest BCUT2D eigenvalue weighted by Crippen LogP contribution is -2.32. The zero-order chi connectivity index (χ0) is 35.6. The minimum absolute atomic E-state index is 0.0261. The Morgan fingerprint density at radius 1 is 0.978 bits per heavy atom. The number of allylic oxidation sites excluding steroid dienone is 4. The summed E-state index contributed by atoms with van der Waals surface area (Å²) in [5.41, 5.74) is 0.367. The maximum Gasteiger partial charge on any atom is 0.383 e. The number of esters is 5. The quantitative estimate of drug-likeness (QED) is 0.0836. The summed E-state index contributed by atoms with van der Waals surface area (Å²) in [7, 11) is 5.27. The molecule has 1 saturated heterocycles. The van der Waals surface area contributed by atoms with Gasteiger partial charge in [-0.25, -0.2) is 14.4 Å². The fourth-order valence-corrected chi connectivity index (χ4v) is 5.67. The van der Waals surface area contributed by atoms with E-state index in [1.807, 2.05) is 13.8 Å². The first-order valence-electron chi connectivity index (χ1n) is 14.5. The van der Waals surface area contributed by atoms with Crippen LogP contribution in [0.25, 0.3) is 0 Å². The van der Waals surface area contributed by atoms with Crippen LogP contribution in [-0.2, 0) is 47.7 Å². The molecule has 0 spiro atoms. The van der Waals surface area contributed by atoms with Crippen molar-refractivity contribution in [2.24, 2.45) is 35.0 Å². The fraction of sp³-hybridized carbons (Fsp3) is 0.559. The average Bonchev–Trinajstić information content (AvgIpc) is 3.91. The Bertz CT molecular complexity index is 1190. The van der Waals surface area contributed by atoms with Crippen molar-refractivity contribution in [3.8, 4) is 12.3 Å². The van der Waals surface area contributed by atoms with E-state index in [-0.39, 0.29) is 35.3 Å². The highest BCUT2D eigenvalue weighted by atomic mass is 32.1. The maximum atomic E-state index is 11.5. The average molecular weight is 667 g/mol. The number of terminal acetylenes is 1. The molecule has 12 heteroatoms. The lowest BCUT2D eigenvalue weighted by molar-refractivity contribution is -0.153. The lowest BCUT2D eigenvalue weighted by Gasteiger charge is -2.27. The van der Waals surface area contributed by atoms with Gasteiger partial charge in [0.05, 0.1) is 39.8 Å². The Hall–Kier alpha value is -3.85. The van der Waals surface area contributed by atoms with Crippen molar-refractivity contribution in [3.05, 3.63) is 48.9 Å². The second-order valence-electron chi connectivity index (χ2n) is 11.1. The molecule has 4 aliphatic carbocycles. The summed E-state index contributed by atoms with van der Waals surface area (Å²) in [4.78, 5) is 52.6. The molecule has 0 aromatic carbocycles. The minimum atomic E-state index is -1.07. The molecule has 0 amide bonds. The van der Waals surface area contributed by atoms with Crippen molar-refractivity contribution >= 4 is 42.5 Å². The first-order chi connectivity index (χ1) is 21.7. The van der Waals surface area contributed by atoms with Crippen LogP contribution in [0.3, 0.4) is 0 Å². The lowest BCUT2D eigenvalue weighted by atomic mass is 9.78. The van der Waals surface area contributed by atoms with Crippen LogP contribution in [0, 0.1) is 47.3 Å². The Morgan fingerprint density at radius 3 is 1.83 bits per heavy atom. The SMILES string of the molecule is C#CC(=O)OC.C=C(F)C(=O)OC.C=C1CC(C)OC1=O.COC(=O)C1(C)CC2C=CC1C2.COC(=O)C1CC2C=CC1C2.CS. The van der Waals surface area contributed by atoms with E-state index in [0.717, 1.165) is 26.4 Å². The van der Waals surface area contributed by atoms with Crippen molar-refractivity contribution in [3.63, 3.8) is 0 Å². The molecule has 4 bridgehead atoms. The standard InChI is InChI=1S/C10H14O2.C9H12O2.C6H8O2.C4H5FO2.C4H4O2.CH4S/c1-10(9(11)12-2)6-7-3-4-8(10)5-7;1-11-9(10)8-5-6-2-3-7(8)4-6;1-4-3-5(2)8-6(4)7;1-3(5)4(6)7-2;1-3-4(5)6-2;1-2/h3-4,7-8H,5-6H2,1-2H3;2-3,6-8H,4-5H2,1H3;5H,1,3H2,2H3;1H2,2H3;1H,2H3;2H,1H3. The van der Waals surface area contributed by atoms with Crippen LogP contribution in [-0.4, -0.2) is 70.6 Å². The highest BCUT2D eigenvalue weighted by Crippen LogP contribution is 2.52. The van der Waals surface area contributed by atoms with Crippen molar-refractivity contribution in [1.29, 1.82) is 0 Å². The second kappa shape index (κ2) is 21.0. The summed E-state index contributed by atoms with van der Waals surface area (Å²) in [6, 6.07) is 0. The molecule has 0 radical (unpaired) electrons. The minimum Gasteiger partial charge on any atom is -0.469 e. The second-order valence-corrected chi connectivity index (χ2v) is 11.1. The molecule has 1 aliphatic heterocycles. The normalized spacial score (nSPS) is 27.8. The van der Waals surface area contributed by atoms with Crippen LogP contribution in [0.2, 0.25) is 0 Å². The number of rotatable bonds is 3. The van der Waals surface area contributed by atoms with E-state index >= 15 is 0 Å². The predicted octanol–water partition coefficient (Wildman–Crippen LogP) is 4.99. The van der Waals surface area contributed by atoms with Gasteiger partial charge in [0.15, 0.2) is 0 Å². The molecule has 10 nitrogen and oxygen atoms in total. The van der Waals surface area contributed by atoms with Gasteiger partial charge in [-0.1, -0.05) is 37.5 Å². The molecule has 0 aromatic rings. The van der Waals surface area contributed by atoms with Gasteiger partial charge in [0.1, 0.15) is 6.10 Å². The number of methoxy groups -OCH3 is 4. The predicted molar refractivity (Wildman–Crippen MR) is 174 cm³/mol. The summed E-state index contributed by atoms with van der Waals surface area (Å²) in [5.74, 6) is 1.08. The number of fused-ring (bicyclic) bond motifs is 4. The van der Waals surface area contributed by atoms with E-state index in [0.29, 0.717) is 35.7 Å². The molecule has 7 atom stereocenters. The van der Waals surface area contributed by atoms with E-state index in [2.05, 4.69) is 66.0 Å². The Labute approximate surface area is 277 Å². The number of ether oxygens (including phenoxy) is 5. The number of hydrogen-bond donors (Lipinski definition) is 1. The fourth-order valence-electron chi connectivity index (χ4n) is 5.67. The molecule has 5 aliphatic rings. The summed E-state index contributed by atoms with van der Waals surface area (Å²) in [6.45, 7) is 10.1. The number of thiol groups is 1. The van der Waals surface area contributed by atoms with Crippen LogP contribution >= 0.6 is 12.6 Å². The van der Waals surface area contributed by atoms with Gasteiger partial charge in [-0.05, 0) is 69.5 Å². The largest absolute Gasteiger partial charge is 0.469 e. The summed E-state index contributed by atoms with van der Waals surface area (Å²) in [5, 5.41) is 0. The van der Waals surface area contributed by atoms with E-state index in [9.17, 15) is 28.4 Å². The highest BCUT2D eigenvalue weighted by molar-refractivity contribution is 7.79. The third-order valence-electron chi connectivity index (χ3n) is 7.95. The maximum absolute atomic E-state index is 11.5. The van der Waals surface area contributed by atoms with Gasteiger partial charge in [-0.3, -0.25) is 9.59 Å². The molecular formula is C34H47FO10S. The van der Waals surface area contributed by atoms with E-state index in [4.69, 9.17) is 14.2 Å². The van der Waals surface area contributed by atoms with Gasteiger partial charge in [-0.15, -0.1) is 6.42 Å². The molecule has 1 heterocycles. The third kappa shape index (κ3) is 12.9. The van der Waals surface area contributed by atoms with Gasteiger partial charge in [0, 0.05) is 17.9 Å². The van der Waals surface area contributed by atoms with Gasteiger partial charge < -0.3 is 23.7 Å². The van der Waals surface area contributed by atoms with Crippen molar-refractivity contribution in [2.75, 3.05) is 34.7 Å². The molecule has 3 fully saturated rings. The summed E-state index contributed by atoms with van der Waals surface area (Å²) >= 11 is 3.53. The van der Waals surface area contributed by atoms with E-state index < -0.39 is 17.8 Å². The van der Waals surface area contributed by atoms with Crippen LogP contribution in [0.4, 0.5) is 4.39 Å². The molecule has 46 heavy (non-hydrogen) atoms. The van der Waals surface area contributed by atoms with E-state index in [1.165, 1.54) is 27.8 Å². The van der Waals surface area contributed by atoms with Crippen LogP contribution in [0.15, 0.2) is 48.9 Å². The van der Waals surface area contributed by atoms with Gasteiger partial charge >= 0.3 is 29.8 Å². The molecule has 0 aromatic heterocycles. The van der Waals surface area contributed by atoms with Crippen LogP contribution in [0.5, 0.6) is 0 Å². The molecular weight excluding hydrogens is 619 g/mol. The zero-order valence-electron chi connectivity index (χ0n) is 27.7. The monoisotopic (exact) mass is 666 g/mol. The number of halogens is 1. The Kier molecular flexibility index (Phi) is 19.3. The smallest absolute Gasteiger partial charge is 0.383 e. The Morgan fingerprint density at radius 2 is 1.59 bits per heavy atom. The number of cyclic esters (lactones) is 1. The van der Waals surface area contributed by atoms with Crippen molar-refractivity contribution < 1.29 is 52.0 Å². The third-order valence-corrected chi connectivity index (χ3v) is 7.95. The van der Waals surface area contributed by atoms with Gasteiger partial charge in [0.25, 0.3) is 0 Å². The van der Waals surface area contributed by atoms with Gasteiger partial charge in [-0.2, -0.15) is 17.0 Å². The molecule has 2 saturated carbocycles. The summed E-state index contributed by atoms with van der Waals surface area (Å²) < 4.78 is 33.6. The van der Waals surface area contributed by atoms with Crippen molar-refractivity contribution in [1.82, 2.24) is 0 Å². The molecule has 7 unspecified atom stereocenters. The van der Waals surface area contributed by atoms with Gasteiger partial charge in [0.2, 0.25) is 5.83 Å². The van der Waals surface area contributed by atoms with Crippen LogP contribution < -0.4 is 0 Å². The van der Waals surface area contributed by atoms with E-state index in [1.54, 1.807) is 12.2 Å².